The predicted molar refractivity (Wildman–Crippen MR) is 83.9 cm³/mol. The van der Waals surface area contributed by atoms with Gasteiger partial charge in [0.2, 0.25) is 10.0 Å². The summed E-state index contributed by atoms with van der Waals surface area (Å²) >= 11 is 0. The van der Waals surface area contributed by atoms with Gasteiger partial charge in [-0.2, -0.15) is 0 Å². The van der Waals surface area contributed by atoms with Gasteiger partial charge >= 0.3 is 0 Å². The van der Waals surface area contributed by atoms with Gasteiger partial charge in [0.05, 0.1) is 12.9 Å². The Morgan fingerprint density at radius 2 is 2.10 bits per heavy atom. The number of nitrogens with one attached hydrogen (secondary N) is 1. The number of hydrogen-bond donors (Lipinski definition) is 1. The van der Waals surface area contributed by atoms with Crippen molar-refractivity contribution in [2.24, 2.45) is 0 Å². The molecule has 118 valence electrons. The standard InChI is InChI=1S/C15H24N2O3S/c1-17(11-13-7-3-4-9-15(13)20-2)21(18,19)12-14-8-5-6-10-16-14/h3-4,7,9,14,16H,5-6,8,10-12H2,1-2H3. The fourth-order valence-corrected chi connectivity index (χ4v) is 4.00. The highest BCUT2D eigenvalue weighted by Gasteiger charge is 2.25. The second kappa shape index (κ2) is 7.24. The number of hydrogen-bond acceptors (Lipinski definition) is 4. The SMILES string of the molecule is COc1ccccc1CN(C)S(=O)(=O)CC1CCCCN1. The molecule has 0 spiro atoms. The van der Waals surface area contributed by atoms with Crippen molar-refractivity contribution in [3.8, 4) is 5.75 Å². The number of nitrogens with zero attached hydrogens (tertiary/aromatic N) is 1. The summed E-state index contributed by atoms with van der Waals surface area (Å²) < 4.78 is 31.6. The summed E-state index contributed by atoms with van der Waals surface area (Å²) in [5, 5.41) is 3.29. The van der Waals surface area contributed by atoms with E-state index in [4.69, 9.17) is 4.74 Å². The average Bonchev–Trinajstić information content (AvgIpc) is 2.48. The molecule has 5 nitrogen and oxygen atoms in total. The van der Waals surface area contributed by atoms with Crippen LogP contribution < -0.4 is 10.1 Å². The summed E-state index contributed by atoms with van der Waals surface area (Å²) in [7, 11) is -0.0417. The molecule has 1 aliphatic rings. The van der Waals surface area contributed by atoms with Crippen molar-refractivity contribution in [1.29, 1.82) is 0 Å². The lowest BCUT2D eigenvalue weighted by atomic mass is 10.1. The van der Waals surface area contributed by atoms with Crippen molar-refractivity contribution in [3.63, 3.8) is 0 Å². The molecule has 1 unspecified atom stereocenters. The van der Waals surface area contributed by atoms with E-state index in [0.717, 1.165) is 37.1 Å². The fourth-order valence-electron chi connectivity index (χ4n) is 2.62. The maximum atomic E-state index is 12.4. The van der Waals surface area contributed by atoms with Crippen LogP contribution in [0.3, 0.4) is 0 Å². The minimum absolute atomic E-state index is 0.0730. The Balaban J connectivity index is 2.02. The Kier molecular flexibility index (Phi) is 5.61. The van der Waals surface area contributed by atoms with E-state index in [1.54, 1.807) is 14.2 Å². The maximum Gasteiger partial charge on any atom is 0.215 e. The van der Waals surface area contributed by atoms with Crippen LogP contribution in [0.1, 0.15) is 24.8 Å². The first-order valence-electron chi connectivity index (χ1n) is 7.32. The van der Waals surface area contributed by atoms with Gasteiger partial charge in [-0.05, 0) is 25.5 Å². The molecule has 2 rings (SSSR count). The molecule has 1 atom stereocenters. The van der Waals surface area contributed by atoms with Crippen LogP contribution in [0.25, 0.3) is 0 Å². The number of para-hydroxylation sites is 1. The second-order valence-electron chi connectivity index (χ2n) is 5.49. The smallest absolute Gasteiger partial charge is 0.215 e. The van der Waals surface area contributed by atoms with Gasteiger partial charge in [-0.25, -0.2) is 12.7 Å². The number of methoxy groups -OCH3 is 1. The molecule has 1 aromatic rings. The number of ether oxygens (including phenoxy) is 1. The van der Waals surface area contributed by atoms with Gasteiger partial charge in [0.1, 0.15) is 5.75 Å². The number of benzene rings is 1. The molecule has 1 saturated heterocycles. The Morgan fingerprint density at radius 3 is 2.76 bits per heavy atom. The molecule has 21 heavy (non-hydrogen) atoms. The Labute approximate surface area is 127 Å². The number of sulfonamides is 1. The van der Waals surface area contributed by atoms with Gasteiger partial charge in [-0.3, -0.25) is 0 Å². The topological polar surface area (TPSA) is 58.6 Å². The van der Waals surface area contributed by atoms with E-state index >= 15 is 0 Å². The van der Waals surface area contributed by atoms with E-state index in [-0.39, 0.29) is 11.8 Å². The summed E-state index contributed by atoms with van der Waals surface area (Å²) in [5.41, 5.74) is 0.877. The minimum Gasteiger partial charge on any atom is -0.496 e. The molecule has 0 amide bonds. The van der Waals surface area contributed by atoms with E-state index in [1.165, 1.54) is 4.31 Å². The van der Waals surface area contributed by atoms with Gasteiger partial charge in [0, 0.05) is 25.2 Å². The lowest BCUT2D eigenvalue weighted by molar-refractivity contribution is 0.392. The lowest BCUT2D eigenvalue weighted by Gasteiger charge is -2.26. The number of rotatable bonds is 6. The van der Waals surface area contributed by atoms with Gasteiger partial charge in [-0.1, -0.05) is 24.6 Å². The molecule has 1 fully saturated rings. The molecule has 6 heteroatoms. The van der Waals surface area contributed by atoms with Crippen molar-refractivity contribution in [1.82, 2.24) is 9.62 Å². The molecule has 1 heterocycles. The molecule has 0 radical (unpaired) electrons. The molecule has 0 aromatic heterocycles. The molecule has 0 saturated carbocycles. The normalized spacial score (nSPS) is 19.7. The van der Waals surface area contributed by atoms with Crippen LogP contribution in [-0.2, 0) is 16.6 Å². The third-order valence-electron chi connectivity index (χ3n) is 3.88. The van der Waals surface area contributed by atoms with Crippen LogP contribution in [0.15, 0.2) is 24.3 Å². The van der Waals surface area contributed by atoms with Crippen molar-refractivity contribution in [2.45, 2.75) is 31.8 Å². The highest BCUT2D eigenvalue weighted by Crippen LogP contribution is 2.20. The monoisotopic (exact) mass is 312 g/mol. The van der Waals surface area contributed by atoms with Crippen LogP contribution in [0, 0.1) is 0 Å². The minimum atomic E-state index is -3.27. The summed E-state index contributed by atoms with van der Waals surface area (Å²) in [6.45, 7) is 1.25. The fraction of sp³-hybridized carbons (Fsp3) is 0.600. The van der Waals surface area contributed by atoms with Gasteiger partial charge < -0.3 is 10.1 Å². The third-order valence-corrected chi connectivity index (χ3v) is 5.79. The van der Waals surface area contributed by atoms with Gasteiger partial charge in [0.25, 0.3) is 0 Å². The van der Waals surface area contributed by atoms with Crippen molar-refractivity contribution in [2.75, 3.05) is 26.5 Å². The molecular weight excluding hydrogens is 288 g/mol. The maximum absolute atomic E-state index is 12.4. The predicted octanol–water partition coefficient (Wildman–Crippen LogP) is 1.60. The van der Waals surface area contributed by atoms with Crippen LogP contribution >= 0.6 is 0 Å². The van der Waals surface area contributed by atoms with Gasteiger partial charge in [0.15, 0.2) is 0 Å². The number of piperidine rings is 1. The van der Waals surface area contributed by atoms with Crippen LogP contribution in [0.2, 0.25) is 0 Å². The van der Waals surface area contributed by atoms with E-state index in [2.05, 4.69) is 5.32 Å². The van der Waals surface area contributed by atoms with Crippen molar-refractivity contribution < 1.29 is 13.2 Å². The second-order valence-corrected chi connectivity index (χ2v) is 7.61. The van der Waals surface area contributed by atoms with E-state index in [9.17, 15) is 8.42 Å². The first-order valence-corrected chi connectivity index (χ1v) is 8.93. The average molecular weight is 312 g/mol. The molecule has 1 aliphatic heterocycles. The summed E-state index contributed by atoms with van der Waals surface area (Å²) in [6.07, 6.45) is 3.17. The largest absolute Gasteiger partial charge is 0.496 e. The van der Waals surface area contributed by atoms with E-state index in [1.807, 2.05) is 24.3 Å². The third kappa shape index (κ3) is 4.43. The van der Waals surface area contributed by atoms with Crippen LogP contribution in [0.5, 0.6) is 5.75 Å². The van der Waals surface area contributed by atoms with E-state index in [0.29, 0.717) is 6.54 Å². The molecule has 0 bridgehead atoms. The quantitative estimate of drug-likeness (QED) is 0.867. The zero-order valence-electron chi connectivity index (χ0n) is 12.7. The molecule has 1 aromatic carbocycles. The zero-order chi connectivity index (χ0) is 15.3. The van der Waals surface area contributed by atoms with Gasteiger partial charge in [-0.15, -0.1) is 0 Å². The highest BCUT2D eigenvalue weighted by atomic mass is 32.2. The van der Waals surface area contributed by atoms with E-state index < -0.39 is 10.0 Å². The summed E-state index contributed by atoms with van der Waals surface area (Å²) in [5.74, 6) is 0.883. The first kappa shape index (κ1) is 16.3. The first-order chi connectivity index (χ1) is 10.0. The Hall–Kier alpha value is -1.11. The Morgan fingerprint density at radius 1 is 1.33 bits per heavy atom. The highest BCUT2D eigenvalue weighted by molar-refractivity contribution is 7.89. The van der Waals surface area contributed by atoms with Crippen molar-refractivity contribution in [3.05, 3.63) is 29.8 Å². The molecule has 1 N–H and O–H groups in total. The van der Waals surface area contributed by atoms with Crippen molar-refractivity contribution >= 4 is 10.0 Å². The van der Waals surface area contributed by atoms with Crippen LogP contribution in [0.4, 0.5) is 0 Å². The summed E-state index contributed by atoms with van der Waals surface area (Å²) in [4.78, 5) is 0. The molecular formula is C15H24N2O3S. The molecule has 0 aliphatic carbocycles. The lowest BCUT2D eigenvalue weighted by Crippen LogP contribution is -2.43. The van der Waals surface area contributed by atoms with Crippen LogP contribution in [-0.4, -0.2) is 45.2 Å². The Bertz CT molecular complexity index is 554. The summed E-state index contributed by atoms with van der Waals surface area (Å²) in [6, 6.07) is 7.58. The zero-order valence-corrected chi connectivity index (χ0v) is 13.5.